The summed E-state index contributed by atoms with van der Waals surface area (Å²) in [5.74, 6) is 0.0258. The van der Waals surface area contributed by atoms with Crippen LogP contribution in [0.3, 0.4) is 0 Å². The number of phenolic OH excluding ortho intramolecular Hbond substituents is 1. The van der Waals surface area contributed by atoms with E-state index in [1.807, 2.05) is 22.6 Å². The van der Waals surface area contributed by atoms with Gasteiger partial charge in [-0.25, -0.2) is 0 Å². The molecule has 0 aliphatic rings. The number of carbonyl (C=O) groups excluding carboxylic acids is 1. The van der Waals surface area contributed by atoms with Crippen LogP contribution in [0.1, 0.15) is 10.4 Å². The van der Waals surface area contributed by atoms with E-state index in [9.17, 15) is 9.90 Å². The van der Waals surface area contributed by atoms with Gasteiger partial charge in [0.15, 0.2) is 0 Å². The van der Waals surface area contributed by atoms with Crippen LogP contribution in [0.25, 0.3) is 0 Å². The first-order valence-electron chi connectivity index (χ1n) is 2.78. The van der Waals surface area contributed by atoms with Crippen molar-refractivity contribution in [3.63, 3.8) is 0 Å². The monoisotopic (exact) mass is 282 g/mol. The predicted octanol–water partition coefficient (Wildman–Crippen LogP) is 2.46. The zero-order valence-corrected chi connectivity index (χ0v) is 8.26. The first kappa shape index (κ1) is 8.80. The van der Waals surface area contributed by atoms with Crippen molar-refractivity contribution in [3.8, 4) is 5.75 Å². The summed E-state index contributed by atoms with van der Waals surface area (Å²) in [5, 5.41) is 9.38. The fourth-order valence-electron chi connectivity index (χ4n) is 0.653. The highest BCUT2D eigenvalue weighted by Gasteiger charge is 2.04. The fraction of sp³-hybridized carbons (Fsp3) is 0. The number of benzene rings is 1. The zero-order valence-electron chi connectivity index (χ0n) is 5.34. The van der Waals surface area contributed by atoms with Crippen molar-refractivity contribution in [2.24, 2.45) is 0 Å². The van der Waals surface area contributed by atoms with Crippen LogP contribution >= 0.6 is 34.2 Å². The Morgan fingerprint density at radius 3 is 2.64 bits per heavy atom. The third kappa shape index (κ3) is 1.84. The molecule has 4 heteroatoms. The highest BCUT2D eigenvalue weighted by atomic mass is 127. The Kier molecular flexibility index (Phi) is 2.72. The molecular formula is C7H4ClIO2. The van der Waals surface area contributed by atoms with Crippen LogP contribution in [-0.2, 0) is 0 Å². The molecule has 0 heterocycles. The van der Waals surface area contributed by atoms with Gasteiger partial charge in [-0.3, -0.25) is 4.79 Å². The van der Waals surface area contributed by atoms with Crippen LogP contribution in [0, 0.1) is 3.57 Å². The molecule has 0 saturated carbocycles. The Hall–Kier alpha value is -0.290. The van der Waals surface area contributed by atoms with E-state index in [0.717, 1.165) is 0 Å². The minimum absolute atomic E-state index is 0.0258. The van der Waals surface area contributed by atoms with Gasteiger partial charge in [0.25, 0.3) is 0 Å². The molecule has 1 N–H and O–H groups in total. The van der Waals surface area contributed by atoms with Gasteiger partial charge in [-0.15, -0.1) is 0 Å². The van der Waals surface area contributed by atoms with Crippen LogP contribution in [0.15, 0.2) is 12.1 Å². The van der Waals surface area contributed by atoms with Crippen molar-refractivity contribution in [1.29, 1.82) is 0 Å². The van der Waals surface area contributed by atoms with Crippen molar-refractivity contribution in [1.82, 2.24) is 0 Å². The second-order valence-corrected chi connectivity index (χ2v) is 3.52. The molecule has 0 spiro atoms. The maximum Gasteiger partial charge on any atom is 0.150 e. The second kappa shape index (κ2) is 3.40. The van der Waals surface area contributed by atoms with Crippen LogP contribution < -0.4 is 0 Å². The molecule has 0 atom stereocenters. The normalized spacial score (nSPS) is 9.64. The minimum atomic E-state index is 0.0258. The molecule has 0 fully saturated rings. The number of hydrogen-bond acceptors (Lipinski definition) is 2. The van der Waals surface area contributed by atoms with Crippen molar-refractivity contribution in [3.05, 3.63) is 26.3 Å². The molecule has 11 heavy (non-hydrogen) atoms. The quantitative estimate of drug-likeness (QED) is 0.634. The summed E-state index contributed by atoms with van der Waals surface area (Å²) >= 11 is 7.49. The lowest BCUT2D eigenvalue weighted by molar-refractivity contribution is 0.112. The molecule has 1 aromatic carbocycles. The van der Waals surface area contributed by atoms with E-state index in [1.54, 1.807) is 6.07 Å². The molecule has 2 nitrogen and oxygen atoms in total. The molecule has 0 aromatic heterocycles. The van der Waals surface area contributed by atoms with E-state index in [-0.39, 0.29) is 10.8 Å². The zero-order chi connectivity index (χ0) is 8.43. The van der Waals surface area contributed by atoms with Crippen LogP contribution in [-0.4, -0.2) is 11.4 Å². The lowest BCUT2D eigenvalue weighted by atomic mass is 10.2. The van der Waals surface area contributed by atoms with Gasteiger partial charge in [-0.05, 0) is 34.7 Å². The smallest absolute Gasteiger partial charge is 0.150 e. The molecule has 0 amide bonds. The van der Waals surface area contributed by atoms with Gasteiger partial charge in [0.2, 0.25) is 0 Å². The summed E-state index contributed by atoms with van der Waals surface area (Å²) in [6, 6.07) is 2.99. The number of phenols is 1. The second-order valence-electron chi connectivity index (χ2n) is 1.95. The molecule has 1 rings (SSSR count). The van der Waals surface area contributed by atoms with E-state index in [4.69, 9.17) is 11.6 Å². The highest BCUT2D eigenvalue weighted by molar-refractivity contribution is 14.1. The average Bonchev–Trinajstić information content (AvgIpc) is 1.99. The van der Waals surface area contributed by atoms with Gasteiger partial charge in [0.1, 0.15) is 12.0 Å². The Balaban J connectivity index is 3.31. The van der Waals surface area contributed by atoms with Crippen LogP contribution in [0.5, 0.6) is 5.75 Å². The minimum Gasteiger partial charge on any atom is -0.505 e. The number of aromatic hydroxyl groups is 1. The number of carbonyl (C=O) groups is 1. The topological polar surface area (TPSA) is 37.3 Å². The first-order chi connectivity index (χ1) is 5.15. The van der Waals surface area contributed by atoms with E-state index < -0.39 is 0 Å². The number of hydrogen-bond donors (Lipinski definition) is 1. The number of aldehydes is 1. The Labute approximate surface area is 82.3 Å². The molecule has 58 valence electrons. The van der Waals surface area contributed by atoms with Crippen LogP contribution in [0.4, 0.5) is 0 Å². The molecule has 0 bridgehead atoms. The predicted molar refractivity (Wildman–Crippen MR) is 51.2 cm³/mol. The van der Waals surface area contributed by atoms with Crippen molar-refractivity contribution < 1.29 is 9.90 Å². The summed E-state index contributed by atoms with van der Waals surface area (Å²) in [6.07, 6.45) is 0.688. The Bertz CT molecular complexity index is 275. The van der Waals surface area contributed by atoms with Gasteiger partial charge >= 0.3 is 0 Å². The van der Waals surface area contributed by atoms with Crippen molar-refractivity contribution in [2.75, 3.05) is 0 Å². The van der Waals surface area contributed by atoms with Gasteiger partial charge in [-0.1, -0.05) is 11.6 Å². The largest absolute Gasteiger partial charge is 0.505 e. The lowest BCUT2D eigenvalue weighted by Gasteiger charge is -1.99. The van der Waals surface area contributed by atoms with Gasteiger partial charge in [0.05, 0.1) is 8.59 Å². The van der Waals surface area contributed by atoms with Crippen LogP contribution in [0.2, 0.25) is 5.02 Å². The van der Waals surface area contributed by atoms with E-state index in [0.29, 0.717) is 15.4 Å². The summed E-state index contributed by atoms with van der Waals surface area (Å²) in [7, 11) is 0. The van der Waals surface area contributed by atoms with Gasteiger partial charge < -0.3 is 5.11 Å². The molecule has 0 aliphatic heterocycles. The molecule has 1 aromatic rings. The van der Waals surface area contributed by atoms with Crippen molar-refractivity contribution >= 4 is 40.5 Å². The standard InChI is InChI=1S/C7H4ClIO2/c8-5-1-4(3-10)2-6(9)7(5)11/h1-3,11H. The number of rotatable bonds is 1. The summed E-state index contributed by atoms with van der Waals surface area (Å²) in [4.78, 5) is 10.3. The lowest BCUT2D eigenvalue weighted by Crippen LogP contribution is -1.82. The maximum atomic E-state index is 10.3. The summed E-state index contributed by atoms with van der Waals surface area (Å²) in [6.45, 7) is 0. The van der Waals surface area contributed by atoms with Gasteiger partial charge in [-0.2, -0.15) is 0 Å². The molecule has 0 unspecified atom stereocenters. The van der Waals surface area contributed by atoms with E-state index in [1.165, 1.54) is 6.07 Å². The molecule has 0 saturated heterocycles. The average molecular weight is 282 g/mol. The highest BCUT2D eigenvalue weighted by Crippen LogP contribution is 2.29. The maximum absolute atomic E-state index is 10.3. The first-order valence-corrected chi connectivity index (χ1v) is 4.24. The molecule has 0 aliphatic carbocycles. The third-order valence-corrected chi connectivity index (χ3v) is 2.29. The van der Waals surface area contributed by atoms with Gasteiger partial charge in [0, 0.05) is 5.56 Å². The van der Waals surface area contributed by atoms with E-state index >= 15 is 0 Å². The SMILES string of the molecule is O=Cc1cc(Cl)c(O)c(I)c1. The number of halogens is 2. The fourth-order valence-corrected chi connectivity index (χ4v) is 1.69. The Morgan fingerprint density at radius 2 is 2.18 bits per heavy atom. The summed E-state index contributed by atoms with van der Waals surface area (Å²) < 4.78 is 0.581. The molecular weight excluding hydrogens is 278 g/mol. The van der Waals surface area contributed by atoms with E-state index in [2.05, 4.69) is 0 Å². The third-order valence-electron chi connectivity index (χ3n) is 1.18. The Morgan fingerprint density at radius 1 is 1.55 bits per heavy atom. The molecule has 0 radical (unpaired) electrons. The van der Waals surface area contributed by atoms with Crippen molar-refractivity contribution in [2.45, 2.75) is 0 Å². The summed E-state index contributed by atoms with van der Waals surface area (Å²) in [5.41, 5.74) is 0.470.